The third kappa shape index (κ3) is 4.64. The highest BCUT2D eigenvalue weighted by atomic mass is 19.3. The molecule has 1 aliphatic carbocycles. The lowest BCUT2D eigenvalue weighted by molar-refractivity contribution is -0.351. The van der Waals surface area contributed by atoms with Crippen molar-refractivity contribution in [3.63, 3.8) is 0 Å². The van der Waals surface area contributed by atoms with E-state index in [4.69, 9.17) is 4.74 Å². The maximum atomic E-state index is 13.7. The van der Waals surface area contributed by atoms with Crippen LogP contribution in [-0.4, -0.2) is 44.0 Å². The lowest BCUT2D eigenvalue weighted by Crippen LogP contribution is -2.38. The molecular weight excluding hydrogens is 482 g/mol. The van der Waals surface area contributed by atoms with Crippen LogP contribution in [0.2, 0.25) is 0 Å². The Hall–Kier alpha value is -3.92. The number of rotatable bonds is 6. The van der Waals surface area contributed by atoms with Crippen LogP contribution in [0.1, 0.15) is 37.1 Å². The van der Waals surface area contributed by atoms with Gasteiger partial charge < -0.3 is 9.64 Å². The van der Waals surface area contributed by atoms with Crippen molar-refractivity contribution in [1.82, 2.24) is 19.7 Å². The number of pyridine rings is 1. The number of hydrogen-bond acceptors (Lipinski definition) is 6. The van der Waals surface area contributed by atoms with Gasteiger partial charge in [-0.15, -0.1) is 8.78 Å². The second-order valence-electron chi connectivity index (χ2n) is 9.32. The van der Waals surface area contributed by atoms with Crippen molar-refractivity contribution < 1.29 is 23.0 Å². The van der Waals surface area contributed by atoms with Crippen molar-refractivity contribution in [3.8, 4) is 0 Å². The van der Waals surface area contributed by atoms with E-state index in [9.17, 15) is 18.4 Å². The molecule has 3 aromatic rings. The van der Waals surface area contributed by atoms with Crippen LogP contribution >= 0.6 is 0 Å². The maximum Gasteiger partial charge on any atom is 0.536 e. The van der Waals surface area contributed by atoms with Crippen LogP contribution in [-0.2, 0) is 27.2 Å². The summed E-state index contributed by atoms with van der Waals surface area (Å²) in [6, 6.07) is 9.31. The predicted molar refractivity (Wildman–Crippen MR) is 131 cm³/mol. The van der Waals surface area contributed by atoms with Crippen LogP contribution in [0.4, 0.5) is 8.78 Å². The molecule has 1 fully saturated rings. The number of carbonyl (C=O) groups is 1. The van der Waals surface area contributed by atoms with Crippen molar-refractivity contribution in [2.24, 2.45) is 0 Å². The zero-order valence-corrected chi connectivity index (χ0v) is 20.7. The number of benzene rings is 1. The summed E-state index contributed by atoms with van der Waals surface area (Å²) in [6.07, 6.45) is 3.27. The quantitative estimate of drug-likeness (QED) is 0.499. The van der Waals surface area contributed by atoms with Gasteiger partial charge in [0.05, 0.1) is 11.1 Å². The van der Waals surface area contributed by atoms with E-state index in [0.717, 1.165) is 16.5 Å². The largest absolute Gasteiger partial charge is 0.536 e. The van der Waals surface area contributed by atoms with Crippen molar-refractivity contribution in [1.29, 1.82) is 0 Å². The van der Waals surface area contributed by atoms with Gasteiger partial charge in [0.2, 0.25) is 5.91 Å². The molecule has 8 nitrogen and oxygen atoms in total. The van der Waals surface area contributed by atoms with Gasteiger partial charge in [-0.25, -0.2) is 4.68 Å². The first-order valence-corrected chi connectivity index (χ1v) is 12.0. The van der Waals surface area contributed by atoms with E-state index >= 15 is 0 Å². The minimum absolute atomic E-state index is 0.0448. The first-order valence-electron chi connectivity index (χ1n) is 12.0. The summed E-state index contributed by atoms with van der Waals surface area (Å²) in [5.41, 5.74) is 1.08. The summed E-state index contributed by atoms with van der Waals surface area (Å²) in [7, 11) is 0. The van der Waals surface area contributed by atoms with Gasteiger partial charge >= 0.3 is 6.29 Å². The number of halogens is 2. The fourth-order valence-electron chi connectivity index (χ4n) is 4.79. The molecule has 3 heterocycles. The molecule has 0 N–H and O–H groups in total. The van der Waals surface area contributed by atoms with E-state index in [2.05, 4.69) is 14.8 Å². The smallest absolute Gasteiger partial charge is 0.411 e. The third-order valence-corrected chi connectivity index (χ3v) is 6.66. The maximum absolute atomic E-state index is 13.7. The summed E-state index contributed by atoms with van der Waals surface area (Å²) in [4.78, 5) is 32.4. The van der Waals surface area contributed by atoms with Crippen LogP contribution in [0.15, 0.2) is 71.1 Å². The number of alkyl halides is 2. The number of aromatic nitrogens is 3. The molecule has 0 radical (unpaired) electrons. The Kier molecular flexibility index (Phi) is 6.15. The van der Waals surface area contributed by atoms with Gasteiger partial charge in [0, 0.05) is 48.9 Å². The van der Waals surface area contributed by atoms with Gasteiger partial charge in [-0.1, -0.05) is 30.3 Å². The highest BCUT2D eigenvalue weighted by Gasteiger charge is 2.55. The lowest BCUT2D eigenvalue weighted by atomic mass is 9.93. The average Bonchev–Trinajstić information content (AvgIpc) is 3.10. The Balaban J connectivity index is 1.48. The first-order chi connectivity index (χ1) is 17.6. The van der Waals surface area contributed by atoms with Crippen molar-refractivity contribution in [2.45, 2.75) is 52.1 Å². The zero-order valence-electron chi connectivity index (χ0n) is 20.7. The molecule has 1 unspecified atom stereocenters. The number of aryl methyl sites for hydroxylation is 1. The third-order valence-electron chi connectivity index (χ3n) is 6.66. The van der Waals surface area contributed by atoms with Gasteiger partial charge in [0.15, 0.2) is 0 Å². The van der Waals surface area contributed by atoms with Crippen molar-refractivity contribution in [3.05, 3.63) is 93.5 Å². The Bertz CT molecular complexity index is 1500. The Labute approximate surface area is 211 Å². The lowest BCUT2D eigenvalue weighted by Gasteiger charge is -2.29. The SMILES string of the molecule is CCN(C(=O)Cn1nc(Cc2cccnc2)c2cccc(C)c2c1=O)C1=CCC2(C)OC(F)(F)OC2=C1. The molecule has 1 aromatic carbocycles. The second kappa shape index (κ2) is 9.19. The van der Waals surface area contributed by atoms with Crippen LogP contribution < -0.4 is 5.56 Å². The fraction of sp³-hybridized carbons (Fsp3) is 0.333. The van der Waals surface area contributed by atoms with Crippen LogP contribution in [0.3, 0.4) is 0 Å². The number of carbonyl (C=O) groups excluding carboxylic acids is 1. The van der Waals surface area contributed by atoms with Gasteiger partial charge in [-0.05, 0) is 38.0 Å². The molecule has 1 aliphatic heterocycles. The number of ether oxygens (including phenoxy) is 2. The number of amides is 1. The molecule has 0 bridgehead atoms. The molecule has 0 saturated carbocycles. The molecule has 1 saturated heterocycles. The predicted octanol–water partition coefficient (Wildman–Crippen LogP) is 4.07. The summed E-state index contributed by atoms with van der Waals surface area (Å²) in [6.45, 7) is 5.06. The first kappa shape index (κ1) is 24.8. The normalized spacial score (nSPS) is 20.1. The van der Waals surface area contributed by atoms with Crippen LogP contribution in [0.5, 0.6) is 0 Å². The highest BCUT2D eigenvalue weighted by Crippen LogP contribution is 2.46. The standard InChI is InChI=1S/C27H26F2N4O4/c1-4-32(19-10-11-26(3)22(14-19)36-27(28,29)37-26)23(34)16-33-25(35)24-17(2)7-5-9-20(24)21(31-33)13-18-8-6-12-30-15-18/h5-10,12,14-15H,4,11,13,16H2,1-3H3. The minimum atomic E-state index is -3.73. The van der Waals surface area contributed by atoms with Gasteiger partial charge in [-0.3, -0.25) is 19.3 Å². The van der Waals surface area contributed by atoms with Crippen LogP contribution in [0.25, 0.3) is 10.8 Å². The minimum Gasteiger partial charge on any atom is -0.411 e. The summed E-state index contributed by atoms with van der Waals surface area (Å²) in [5, 5.41) is 5.80. The number of hydrogen-bond donors (Lipinski definition) is 0. The fourth-order valence-corrected chi connectivity index (χ4v) is 4.79. The van der Waals surface area contributed by atoms with E-state index in [1.165, 1.54) is 22.6 Å². The number of likely N-dealkylation sites (N-methyl/N-ethyl adjacent to an activating group) is 1. The summed E-state index contributed by atoms with van der Waals surface area (Å²) >= 11 is 0. The Morgan fingerprint density at radius 2 is 2.05 bits per heavy atom. The molecular formula is C27H26F2N4O4. The number of nitrogens with zero attached hydrogens (tertiary/aromatic N) is 4. The number of allylic oxidation sites excluding steroid dienone is 1. The average molecular weight is 509 g/mol. The van der Waals surface area contributed by atoms with E-state index in [1.807, 2.05) is 37.3 Å². The van der Waals surface area contributed by atoms with E-state index < -0.39 is 17.8 Å². The monoisotopic (exact) mass is 508 g/mol. The van der Waals surface area contributed by atoms with Gasteiger partial charge in [-0.2, -0.15) is 5.10 Å². The van der Waals surface area contributed by atoms with Gasteiger partial charge in [0.25, 0.3) is 5.56 Å². The second-order valence-corrected chi connectivity index (χ2v) is 9.32. The molecule has 0 spiro atoms. The van der Waals surface area contributed by atoms with E-state index in [-0.39, 0.29) is 30.8 Å². The highest BCUT2D eigenvalue weighted by molar-refractivity contribution is 5.87. The molecule has 2 aromatic heterocycles. The number of fused-ring (bicyclic) bond motifs is 2. The summed E-state index contributed by atoms with van der Waals surface area (Å²) in [5.74, 6) is -0.452. The molecule has 2 aliphatic rings. The Morgan fingerprint density at radius 3 is 2.78 bits per heavy atom. The van der Waals surface area contributed by atoms with Gasteiger partial charge in [0.1, 0.15) is 17.9 Å². The molecule has 1 amide bonds. The molecule has 10 heteroatoms. The van der Waals surface area contributed by atoms with Crippen molar-refractivity contribution in [2.75, 3.05) is 6.54 Å². The molecule has 5 rings (SSSR count). The topological polar surface area (TPSA) is 86.6 Å². The van der Waals surface area contributed by atoms with Crippen molar-refractivity contribution >= 4 is 16.7 Å². The van der Waals surface area contributed by atoms with E-state index in [0.29, 0.717) is 23.2 Å². The zero-order chi connectivity index (χ0) is 26.4. The van der Waals surface area contributed by atoms with E-state index in [1.54, 1.807) is 25.4 Å². The molecule has 37 heavy (non-hydrogen) atoms. The molecule has 192 valence electrons. The summed E-state index contributed by atoms with van der Waals surface area (Å²) < 4.78 is 38.0. The Morgan fingerprint density at radius 1 is 1.24 bits per heavy atom. The molecule has 1 atom stereocenters. The van der Waals surface area contributed by atoms with Crippen LogP contribution in [0, 0.1) is 6.92 Å².